The zero-order chi connectivity index (χ0) is 11.8. The molecule has 0 aliphatic heterocycles. The number of hydrogen-bond acceptors (Lipinski definition) is 3. The van der Waals surface area contributed by atoms with Crippen molar-refractivity contribution in [2.45, 2.75) is 33.2 Å². The average Bonchev–Trinajstić information content (AvgIpc) is 2.21. The highest BCUT2D eigenvalue weighted by Crippen LogP contribution is 2.02. The highest BCUT2D eigenvalue weighted by atomic mass is 16.5. The van der Waals surface area contributed by atoms with E-state index in [1.807, 2.05) is 6.92 Å². The van der Waals surface area contributed by atoms with Gasteiger partial charge in [-0.3, -0.25) is 4.79 Å². The summed E-state index contributed by atoms with van der Waals surface area (Å²) >= 11 is 0. The van der Waals surface area contributed by atoms with Gasteiger partial charge in [0.1, 0.15) is 0 Å². The van der Waals surface area contributed by atoms with Crippen LogP contribution >= 0.6 is 0 Å². The molecule has 90 valence electrons. The number of nitrogens with two attached hydrogens (primary N) is 1. The Morgan fingerprint density at radius 3 is 2.47 bits per heavy atom. The van der Waals surface area contributed by atoms with Crippen molar-refractivity contribution < 1.29 is 9.53 Å². The van der Waals surface area contributed by atoms with Crippen LogP contribution in [0, 0.1) is 5.92 Å². The summed E-state index contributed by atoms with van der Waals surface area (Å²) in [7, 11) is 1.64. The number of nitrogens with zero attached hydrogens (tertiary/aromatic N) is 1. The molecule has 0 unspecified atom stereocenters. The predicted octanol–water partition coefficient (Wildman–Crippen LogP) is 0.855. The van der Waals surface area contributed by atoms with E-state index in [1.165, 1.54) is 0 Å². The fraction of sp³-hybridized carbons (Fsp3) is 0.909. The number of hydrogen-bond donors (Lipinski definition) is 1. The largest absolute Gasteiger partial charge is 0.383 e. The lowest BCUT2D eigenvalue weighted by molar-refractivity contribution is -0.133. The molecule has 2 N–H and O–H groups in total. The average molecular weight is 216 g/mol. The van der Waals surface area contributed by atoms with E-state index in [0.29, 0.717) is 25.5 Å². The summed E-state index contributed by atoms with van der Waals surface area (Å²) < 4.78 is 4.98. The maximum atomic E-state index is 11.9. The van der Waals surface area contributed by atoms with Crippen molar-refractivity contribution in [2.75, 3.05) is 26.8 Å². The Morgan fingerprint density at radius 1 is 1.47 bits per heavy atom. The SMILES string of the molecule is CC[C@@H](N)C(=O)N(CCOC)CC(C)C. The molecule has 4 nitrogen and oxygen atoms in total. The van der Waals surface area contributed by atoms with Crippen molar-refractivity contribution in [3.63, 3.8) is 0 Å². The number of carbonyl (C=O) groups excluding carboxylic acids is 1. The van der Waals surface area contributed by atoms with E-state index in [4.69, 9.17) is 10.5 Å². The molecule has 0 fully saturated rings. The molecule has 0 aliphatic carbocycles. The second kappa shape index (κ2) is 7.65. The van der Waals surface area contributed by atoms with Crippen LogP contribution < -0.4 is 5.73 Å². The van der Waals surface area contributed by atoms with Crippen molar-refractivity contribution in [1.29, 1.82) is 0 Å². The number of amides is 1. The van der Waals surface area contributed by atoms with Crippen LogP contribution in [0.3, 0.4) is 0 Å². The van der Waals surface area contributed by atoms with Crippen LogP contribution in [-0.2, 0) is 9.53 Å². The summed E-state index contributed by atoms with van der Waals surface area (Å²) in [4.78, 5) is 13.7. The molecule has 0 aromatic rings. The van der Waals surface area contributed by atoms with Gasteiger partial charge in [0.2, 0.25) is 5.91 Å². The summed E-state index contributed by atoms with van der Waals surface area (Å²) in [5.41, 5.74) is 5.73. The number of methoxy groups -OCH3 is 1. The summed E-state index contributed by atoms with van der Waals surface area (Å²) in [6, 6.07) is -0.374. The second-order valence-electron chi connectivity index (χ2n) is 4.19. The molecule has 0 rings (SSSR count). The van der Waals surface area contributed by atoms with Crippen molar-refractivity contribution >= 4 is 5.91 Å². The molecule has 1 atom stereocenters. The number of ether oxygens (including phenoxy) is 1. The Kier molecular flexibility index (Phi) is 7.34. The monoisotopic (exact) mass is 216 g/mol. The molecule has 0 aromatic heterocycles. The van der Waals surface area contributed by atoms with E-state index in [-0.39, 0.29) is 11.9 Å². The minimum Gasteiger partial charge on any atom is -0.383 e. The first-order valence-corrected chi connectivity index (χ1v) is 5.56. The van der Waals surface area contributed by atoms with E-state index in [9.17, 15) is 4.79 Å². The quantitative estimate of drug-likeness (QED) is 0.686. The molecule has 0 spiro atoms. The lowest BCUT2D eigenvalue weighted by Gasteiger charge is -2.26. The lowest BCUT2D eigenvalue weighted by Crippen LogP contribution is -2.46. The lowest BCUT2D eigenvalue weighted by atomic mass is 10.1. The molecule has 1 amide bonds. The van der Waals surface area contributed by atoms with Crippen LogP contribution in [0.2, 0.25) is 0 Å². The Labute approximate surface area is 92.8 Å². The highest BCUT2D eigenvalue weighted by molar-refractivity contribution is 5.81. The van der Waals surface area contributed by atoms with Gasteiger partial charge in [-0.25, -0.2) is 0 Å². The first-order chi connectivity index (χ1) is 7.02. The molecule has 4 heteroatoms. The minimum absolute atomic E-state index is 0.0308. The molecule has 0 aliphatic rings. The van der Waals surface area contributed by atoms with Gasteiger partial charge in [0, 0.05) is 20.2 Å². The molecule has 0 heterocycles. The van der Waals surface area contributed by atoms with E-state index < -0.39 is 0 Å². The Balaban J connectivity index is 4.26. The maximum absolute atomic E-state index is 11.9. The van der Waals surface area contributed by atoms with Gasteiger partial charge in [0.05, 0.1) is 12.6 Å². The van der Waals surface area contributed by atoms with E-state index in [0.717, 1.165) is 6.54 Å². The van der Waals surface area contributed by atoms with Crippen LogP contribution in [0.4, 0.5) is 0 Å². The third kappa shape index (κ3) is 5.74. The van der Waals surface area contributed by atoms with Gasteiger partial charge in [-0.1, -0.05) is 20.8 Å². The third-order valence-corrected chi connectivity index (χ3v) is 2.22. The summed E-state index contributed by atoms with van der Waals surface area (Å²) in [6.07, 6.45) is 0.681. The van der Waals surface area contributed by atoms with Crippen molar-refractivity contribution in [2.24, 2.45) is 11.7 Å². The van der Waals surface area contributed by atoms with Crippen molar-refractivity contribution in [1.82, 2.24) is 4.90 Å². The zero-order valence-electron chi connectivity index (χ0n) is 10.3. The van der Waals surface area contributed by atoms with Crippen LogP contribution in [0.1, 0.15) is 27.2 Å². The van der Waals surface area contributed by atoms with Gasteiger partial charge in [0.15, 0.2) is 0 Å². The summed E-state index contributed by atoms with van der Waals surface area (Å²) in [6.45, 7) is 8.04. The first kappa shape index (κ1) is 14.4. The molecule has 0 saturated heterocycles. The summed E-state index contributed by atoms with van der Waals surface area (Å²) in [5, 5.41) is 0. The van der Waals surface area contributed by atoms with Gasteiger partial charge >= 0.3 is 0 Å². The fourth-order valence-corrected chi connectivity index (χ4v) is 1.34. The topological polar surface area (TPSA) is 55.6 Å². The van der Waals surface area contributed by atoms with Crippen LogP contribution in [-0.4, -0.2) is 43.7 Å². The molecule has 0 bridgehead atoms. The minimum atomic E-state index is -0.374. The molecule has 0 aromatic carbocycles. The van der Waals surface area contributed by atoms with Crippen LogP contribution in [0.15, 0.2) is 0 Å². The van der Waals surface area contributed by atoms with Crippen LogP contribution in [0.25, 0.3) is 0 Å². The second-order valence-corrected chi connectivity index (χ2v) is 4.19. The molecular formula is C11H24N2O2. The van der Waals surface area contributed by atoms with Crippen LogP contribution in [0.5, 0.6) is 0 Å². The fourth-order valence-electron chi connectivity index (χ4n) is 1.34. The van der Waals surface area contributed by atoms with Gasteiger partial charge in [-0.2, -0.15) is 0 Å². The van der Waals surface area contributed by atoms with E-state index in [2.05, 4.69) is 13.8 Å². The molecular weight excluding hydrogens is 192 g/mol. The van der Waals surface area contributed by atoms with Gasteiger partial charge in [-0.15, -0.1) is 0 Å². The smallest absolute Gasteiger partial charge is 0.239 e. The molecule has 0 radical (unpaired) electrons. The predicted molar refractivity (Wildman–Crippen MR) is 61.6 cm³/mol. The Hall–Kier alpha value is -0.610. The number of carbonyl (C=O) groups is 1. The van der Waals surface area contributed by atoms with Crippen molar-refractivity contribution in [3.05, 3.63) is 0 Å². The first-order valence-electron chi connectivity index (χ1n) is 5.56. The Bertz CT molecular complexity index is 183. The Morgan fingerprint density at radius 2 is 2.07 bits per heavy atom. The molecule has 0 saturated carbocycles. The van der Waals surface area contributed by atoms with E-state index in [1.54, 1.807) is 12.0 Å². The third-order valence-electron chi connectivity index (χ3n) is 2.22. The van der Waals surface area contributed by atoms with Gasteiger partial charge in [-0.05, 0) is 12.3 Å². The zero-order valence-corrected chi connectivity index (χ0v) is 10.3. The maximum Gasteiger partial charge on any atom is 0.239 e. The summed E-state index contributed by atoms with van der Waals surface area (Å²) in [5.74, 6) is 0.484. The van der Waals surface area contributed by atoms with Gasteiger partial charge in [0.25, 0.3) is 0 Å². The standard InChI is InChI=1S/C11H24N2O2/c1-5-10(12)11(14)13(6-7-15-4)8-9(2)3/h9-10H,5-8,12H2,1-4H3/t10-/m1/s1. The highest BCUT2D eigenvalue weighted by Gasteiger charge is 2.19. The molecule has 15 heavy (non-hydrogen) atoms. The van der Waals surface area contributed by atoms with E-state index >= 15 is 0 Å². The van der Waals surface area contributed by atoms with Crippen molar-refractivity contribution in [3.8, 4) is 0 Å². The number of rotatable bonds is 7. The van der Waals surface area contributed by atoms with Gasteiger partial charge < -0.3 is 15.4 Å². The normalized spacial score (nSPS) is 12.9.